The summed E-state index contributed by atoms with van der Waals surface area (Å²) in [4.78, 5) is 11.8. The highest BCUT2D eigenvalue weighted by Gasteiger charge is 2.39. The van der Waals surface area contributed by atoms with Crippen molar-refractivity contribution in [1.29, 1.82) is 0 Å². The lowest BCUT2D eigenvalue weighted by Gasteiger charge is -2.29. The average Bonchev–Trinajstić information content (AvgIpc) is 2.31. The lowest BCUT2D eigenvalue weighted by Crippen LogP contribution is -2.42. The fourth-order valence-corrected chi connectivity index (χ4v) is 1.98. The molecule has 0 fully saturated rings. The molecule has 2 unspecified atom stereocenters. The maximum atomic E-state index is 11.8. The molecule has 0 heterocycles. The van der Waals surface area contributed by atoms with Gasteiger partial charge in [0.05, 0.1) is 6.61 Å². The van der Waals surface area contributed by atoms with E-state index in [1.807, 2.05) is 39.0 Å². The summed E-state index contributed by atoms with van der Waals surface area (Å²) >= 11 is 0. The van der Waals surface area contributed by atoms with Crippen molar-refractivity contribution in [3.8, 4) is 0 Å². The molecule has 0 bridgehead atoms. The highest BCUT2D eigenvalue weighted by molar-refractivity contribution is 5.80. The molecule has 0 saturated heterocycles. The van der Waals surface area contributed by atoms with Gasteiger partial charge >= 0.3 is 5.97 Å². The molecular formula is C15H22O3. The first-order valence-corrected chi connectivity index (χ1v) is 6.27. The maximum Gasteiger partial charge on any atom is 0.338 e. The predicted molar refractivity (Wildman–Crippen MR) is 71.6 cm³/mol. The van der Waals surface area contributed by atoms with Crippen molar-refractivity contribution in [1.82, 2.24) is 0 Å². The van der Waals surface area contributed by atoms with Crippen molar-refractivity contribution in [2.75, 3.05) is 6.61 Å². The van der Waals surface area contributed by atoms with Gasteiger partial charge in [0.25, 0.3) is 0 Å². The van der Waals surface area contributed by atoms with Crippen LogP contribution in [0.4, 0.5) is 0 Å². The van der Waals surface area contributed by atoms with Crippen molar-refractivity contribution in [2.45, 2.75) is 46.1 Å². The van der Waals surface area contributed by atoms with Crippen LogP contribution in [0.5, 0.6) is 0 Å². The minimum atomic E-state index is -1.51. The van der Waals surface area contributed by atoms with Gasteiger partial charge in [0.2, 0.25) is 0 Å². The molecule has 1 aromatic carbocycles. The highest BCUT2D eigenvalue weighted by atomic mass is 16.5. The fourth-order valence-electron chi connectivity index (χ4n) is 1.98. The summed E-state index contributed by atoms with van der Waals surface area (Å²) in [6, 6.07) is 6.03. The smallest absolute Gasteiger partial charge is 0.338 e. The molecule has 2 atom stereocenters. The Morgan fingerprint density at radius 3 is 2.61 bits per heavy atom. The van der Waals surface area contributed by atoms with Gasteiger partial charge in [0.1, 0.15) is 0 Å². The van der Waals surface area contributed by atoms with Crippen molar-refractivity contribution in [3.05, 3.63) is 34.9 Å². The average molecular weight is 250 g/mol. The van der Waals surface area contributed by atoms with Gasteiger partial charge in [-0.3, -0.25) is 0 Å². The molecule has 1 N–H and O–H groups in total. The molecule has 100 valence electrons. The number of hydrogen-bond donors (Lipinski definition) is 1. The molecular weight excluding hydrogens is 228 g/mol. The monoisotopic (exact) mass is 250 g/mol. The van der Waals surface area contributed by atoms with Crippen molar-refractivity contribution < 1.29 is 14.6 Å². The zero-order valence-electron chi connectivity index (χ0n) is 11.8. The topological polar surface area (TPSA) is 46.5 Å². The van der Waals surface area contributed by atoms with Crippen molar-refractivity contribution >= 4 is 5.97 Å². The second kappa shape index (κ2) is 5.53. The van der Waals surface area contributed by atoms with E-state index in [1.54, 1.807) is 6.92 Å². The van der Waals surface area contributed by atoms with Crippen LogP contribution < -0.4 is 0 Å². The molecule has 1 rings (SSSR count). The van der Waals surface area contributed by atoms with Crippen LogP contribution in [0.2, 0.25) is 0 Å². The molecule has 3 heteroatoms. The molecule has 0 aliphatic carbocycles. The molecule has 0 aromatic heterocycles. The van der Waals surface area contributed by atoms with Gasteiger partial charge in [-0.05, 0) is 38.8 Å². The summed E-state index contributed by atoms with van der Waals surface area (Å²) in [7, 11) is 0. The number of carbonyl (C=O) groups excluding carboxylic acids is 1. The Labute approximate surface area is 109 Å². The van der Waals surface area contributed by atoms with E-state index in [2.05, 4.69) is 0 Å². The summed E-state index contributed by atoms with van der Waals surface area (Å²) in [6.07, 6.45) is 0. The standard InChI is InChI=1S/C15H22O3/c1-6-18-14(16)15(5,17)12(4)13-9-10(2)7-8-11(13)3/h7-9,12,17H,6H2,1-5H3. The predicted octanol–water partition coefficient (Wildman–Crippen LogP) is 2.72. The Morgan fingerprint density at radius 1 is 1.44 bits per heavy atom. The zero-order valence-corrected chi connectivity index (χ0v) is 11.8. The Balaban J connectivity index is 3.08. The minimum absolute atomic E-state index is 0.272. The van der Waals surface area contributed by atoms with Gasteiger partial charge in [0, 0.05) is 5.92 Å². The molecule has 3 nitrogen and oxygen atoms in total. The second-order valence-corrected chi connectivity index (χ2v) is 4.95. The highest BCUT2D eigenvalue weighted by Crippen LogP contribution is 2.31. The van der Waals surface area contributed by atoms with Crippen LogP contribution >= 0.6 is 0 Å². The molecule has 0 aliphatic rings. The number of aliphatic hydroxyl groups is 1. The van der Waals surface area contributed by atoms with Crippen LogP contribution in [0.3, 0.4) is 0 Å². The number of esters is 1. The van der Waals surface area contributed by atoms with Crippen molar-refractivity contribution in [2.24, 2.45) is 0 Å². The summed E-state index contributed by atoms with van der Waals surface area (Å²) in [5.41, 5.74) is 1.65. The summed E-state index contributed by atoms with van der Waals surface area (Å²) in [6.45, 7) is 9.34. The van der Waals surface area contributed by atoms with E-state index in [-0.39, 0.29) is 12.5 Å². The molecule has 0 amide bonds. The van der Waals surface area contributed by atoms with E-state index in [4.69, 9.17) is 4.74 Å². The lowest BCUT2D eigenvalue weighted by molar-refractivity contribution is -0.165. The van der Waals surface area contributed by atoms with Crippen LogP contribution in [0.1, 0.15) is 43.4 Å². The van der Waals surface area contributed by atoms with Crippen LogP contribution in [0.15, 0.2) is 18.2 Å². The molecule has 0 aliphatic heterocycles. The molecule has 0 radical (unpaired) electrons. The molecule has 0 spiro atoms. The van der Waals surface area contributed by atoms with Crippen LogP contribution in [-0.2, 0) is 9.53 Å². The molecule has 1 aromatic rings. The molecule has 0 saturated carbocycles. The SMILES string of the molecule is CCOC(=O)C(C)(O)C(C)c1cc(C)ccc1C. The lowest BCUT2D eigenvalue weighted by atomic mass is 9.82. The first-order chi connectivity index (χ1) is 8.30. The third-order valence-electron chi connectivity index (χ3n) is 3.43. The normalized spacial score (nSPS) is 15.9. The Morgan fingerprint density at radius 2 is 2.06 bits per heavy atom. The van der Waals surface area contributed by atoms with E-state index < -0.39 is 11.6 Å². The summed E-state index contributed by atoms with van der Waals surface area (Å²) in [5, 5.41) is 10.4. The summed E-state index contributed by atoms with van der Waals surface area (Å²) in [5.74, 6) is -0.880. The zero-order chi connectivity index (χ0) is 13.9. The van der Waals surface area contributed by atoms with Gasteiger partial charge in [-0.15, -0.1) is 0 Å². The maximum absolute atomic E-state index is 11.8. The quantitative estimate of drug-likeness (QED) is 0.836. The number of rotatable bonds is 4. The van der Waals surface area contributed by atoms with Gasteiger partial charge in [-0.25, -0.2) is 4.79 Å². The number of benzene rings is 1. The number of aryl methyl sites for hydroxylation is 2. The van der Waals surface area contributed by atoms with Gasteiger partial charge in [0.15, 0.2) is 5.60 Å². The third-order valence-corrected chi connectivity index (χ3v) is 3.43. The number of ether oxygens (including phenoxy) is 1. The van der Waals surface area contributed by atoms with E-state index in [0.717, 1.165) is 16.7 Å². The Kier molecular flexibility index (Phi) is 4.52. The van der Waals surface area contributed by atoms with E-state index in [1.165, 1.54) is 6.92 Å². The van der Waals surface area contributed by atoms with E-state index in [0.29, 0.717) is 0 Å². The van der Waals surface area contributed by atoms with E-state index in [9.17, 15) is 9.90 Å². The van der Waals surface area contributed by atoms with Gasteiger partial charge in [-0.2, -0.15) is 0 Å². The summed E-state index contributed by atoms with van der Waals surface area (Å²) < 4.78 is 4.93. The van der Waals surface area contributed by atoms with Crippen LogP contribution in [-0.4, -0.2) is 23.3 Å². The van der Waals surface area contributed by atoms with Crippen LogP contribution in [0.25, 0.3) is 0 Å². The fraction of sp³-hybridized carbons (Fsp3) is 0.533. The largest absolute Gasteiger partial charge is 0.464 e. The number of hydrogen-bond acceptors (Lipinski definition) is 3. The van der Waals surface area contributed by atoms with Gasteiger partial charge < -0.3 is 9.84 Å². The first kappa shape index (κ1) is 14.7. The van der Waals surface area contributed by atoms with Gasteiger partial charge in [-0.1, -0.05) is 30.7 Å². The van der Waals surface area contributed by atoms with Crippen LogP contribution in [0, 0.1) is 13.8 Å². The van der Waals surface area contributed by atoms with E-state index >= 15 is 0 Å². The second-order valence-electron chi connectivity index (χ2n) is 4.95. The third kappa shape index (κ3) is 2.91. The van der Waals surface area contributed by atoms with Crippen molar-refractivity contribution in [3.63, 3.8) is 0 Å². The first-order valence-electron chi connectivity index (χ1n) is 6.27. The minimum Gasteiger partial charge on any atom is -0.464 e. The Bertz CT molecular complexity index is 435. The Hall–Kier alpha value is -1.35. The molecule has 18 heavy (non-hydrogen) atoms. The number of carbonyl (C=O) groups is 1.